The molecule has 0 saturated heterocycles. The van der Waals surface area contributed by atoms with E-state index in [-0.39, 0.29) is 5.91 Å². The summed E-state index contributed by atoms with van der Waals surface area (Å²) in [6.45, 7) is 4.74. The second-order valence-corrected chi connectivity index (χ2v) is 5.40. The highest BCUT2D eigenvalue weighted by atomic mass is 16.1. The number of rotatable bonds is 5. The first-order valence-electron chi connectivity index (χ1n) is 7.98. The number of nitrogens with one attached hydrogen (secondary N) is 1. The SMILES string of the molecule is CCc1ccc(NC(=O)c2cccc(-c3nnnn3CC)c2)cc1. The predicted molar refractivity (Wildman–Crippen MR) is 92.7 cm³/mol. The molecule has 0 fully saturated rings. The number of hydrogen-bond donors (Lipinski definition) is 1. The molecular formula is C18H19N5O. The fourth-order valence-corrected chi connectivity index (χ4v) is 2.45. The standard InChI is InChI=1S/C18H19N5O/c1-3-13-8-10-16(11-9-13)19-18(24)15-7-5-6-14(12-15)17-20-21-22-23(17)4-2/h5-12H,3-4H2,1-2H3,(H,19,24). The molecule has 0 bridgehead atoms. The molecule has 0 spiro atoms. The van der Waals surface area contributed by atoms with E-state index in [0.717, 1.165) is 17.7 Å². The van der Waals surface area contributed by atoms with E-state index in [1.165, 1.54) is 5.56 Å². The average molecular weight is 321 g/mol. The van der Waals surface area contributed by atoms with Crippen LogP contribution in [0.15, 0.2) is 48.5 Å². The van der Waals surface area contributed by atoms with Gasteiger partial charge >= 0.3 is 0 Å². The summed E-state index contributed by atoms with van der Waals surface area (Å²) in [7, 11) is 0. The highest BCUT2D eigenvalue weighted by Crippen LogP contribution is 2.18. The molecule has 0 radical (unpaired) electrons. The first-order chi connectivity index (χ1) is 11.7. The van der Waals surface area contributed by atoms with Crippen molar-refractivity contribution >= 4 is 11.6 Å². The minimum Gasteiger partial charge on any atom is -0.322 e. The molecule has 6 heteroatoms. The monoisotopic (exact) mass is 321 g/mol. The maximum atomic E-state index is 12.5. The van der Waals surface area contributed by atoms with Crippen LogP contribution in [-0.2, 0) is 13.0 Å². The molecule has 6 nitrogen and oxygen atoms in total. The summed E-state index contributed by atoms with van der Waals surface area (Å²) in [5, 5.41) is 14.6. The molecule has 0 atom stereocenters. The fourth-order valence-electron chi connectivity index (χ4n) is 2.45. The lowest BCUT2D eigenvalue weighted by Crippen LogP contribution is -2.12. The van der Waals surface area contributed by atoms with Crippen LogP contribution in [0.1, 0.15) is 29.8 Å². The van der Waals surface area contributed by atoms with Gasteiger partial charge in [0.2, 0.25) is 0 Å². The third-order valence-corrected chi connectivity index (χ3v) is 3.83. The van der Waals surface area contributed by atoms with E-state index >= 15 is 0 Å². The summed E-state index contributed by atoms with van der Waals surface area (Å²) >= 11 is 0. The van der Waals surface area contributed by atoms with Crippen LogP contribution in [0.25, 0.3) is 11.4 Å². The lowest BCUT2D eigenvalue weighted by atomic mass is 10.1. The lowest BCUT2D eigenvalue weighted by molar-refractivity contribution is 0.102. The van der Waals surface area contributed by atoms with Crippen molar-refractivity contribution < 1.29 is 4.79 Å². The topological polar surface area (TPSA) is 72.7 Å². The molecule has 1 aromatic heterocycles. The van der Waals surface area contributed by atoms with Crippen molar-refractivity contribution in [1.29, 1.82) is 0 Å². The second kappa shape index (κ2) is 7.04. The zero-order valence-electron chi connectivity index (χ0n) is 13.7. The Morgan fingerprint density at radius 3 is 2.62 bits per heavy atom. The molecule has 24 heavy (non-hydrogen) atoms. The van der Waals surface area contributed by atoms with E-state index < -0.39 is 0 Å². The van der Waals surface area contributed by atoms with Gasteiger partial charge in [-0.15, -0.1) is 5.10 Å². The molecule has 1 N–H and O–H groups in total. The third-order valence-electron chi connectivity index (χ3n) is 3.83. The normalized spacial score (nSPS) is 10.6. The van der Waals surface area contributed by atoms with Crippen LogP contribution < -0.4 is 5.32 Å². The molecular weight excluding hydrogens is 302 g/mol. The zero-order valence-corrected chi connectivity index (χ0v) is 13.7. The van der Waals surface area contributed by atoms with Crippen LogP contribution in [0.5, 0.6) is 0 Å². The highest BCUT2D eigenvalue weighted by Gasteiger charge is 2.11. The Balaban J connectivity index is 1.81. The van der Waals surface area contributed by atoms with Gasteiger partial charge in [0.25, 0.3) is 5.91 Å². The quantitative estimate of drug-likeness (QED) is 0.783. The van der Waals surface area contributed by atoms with Gasteiger partial charge in [0.05, 0.1) is 0 Å². The van der Waals surface area contributed by atoms with Crippen LogP contribution in [-0.4, -0.2) is 26.1 Å². The molecule has 2 aromatic carbocycles. The van der Waals surface area contributed by atoms with Crippen molar-refractivity contribution in [1.82, 2.24) is 20.2 Å². The fraction of sp³-hybridized carbons (Fsp3) is 0.222. The molecule has 0 saturated carbocycles. The van der Waals surface area contributed by atoms with Crippen LogP contribution >= 0.6 is 0 Å². The molecule has 1 heterocycles. The van der Waals surface area contributed by atoms with Crippen molar-refractivity contribution in [3.05, 3.63) is 59.7 Å². The minimum atomic E-state index is -0.156. The van der Waals surface area contributed by atoms with Gasteiger partial charge in [-0.3, -0.25) is 4.79 Å². The Morgan fingerprint density at radius 1 is 1.12 bits per heavy atom. The Kier molecular flexibility index (Phi) is 4.65. The third kappa shape index (κ3) is 3.32. The van der Waals surface area contributed by atoms with Crippen molar-refractivity contribution in [3.63, 3.8) is 0 Å². The highest BCUT2D eigenvalue weighted by molar-refractivity contribution is 6.04. The van der Waals surface area contributed by atoms with E-state index in [0.29, 0.717) is 17.9 Å². The first-order valence-corrected chi connectivity index (χ1v) is 7.98. The number of nitrogens with zero attached hydrogens (tertiary/aromatic N) is 4. The summed E-state index contributed by atoms with van der Waals surface area (Å²) in [5.41, 5.74) is 3.40. The molecule has 3 rings (SSSR count). The van der Waals surface area contributed by atoms with Gasteiger partial charge in [0, 0.05) is 23.4 Å². The number of carbonyl (C=O) groups excluding carboxylic acids is 1. The van der Waals surface area contributed by atoms with E-state index in [1.54, 1.807) is 16.8 Å². The van der Waals surface area contributed by atoms with Gasteiger partial charge < -0.3 is 5.32 Å². The van der Waals surface area contributed by atoms with E-state index in [1.807, 2.05) is 43.3 Å². The predicted octanol–water partition coefficient (Wildman–Crippen LogP) is 3.17. The number of aryl methyl sites for hydroxylation is 2. The van der Waals surface area contributed by atoms with E-state index in [2.05, 4.69) is 27.8 Å². The van der Waals surface area contributed by atoms with Crippen LogP contribution in [0.2, 0.25) is 0 Å². The Bertz CT molecular complexity index is 839. The molecule has 0 aliphatic carbocycles. The molecule has 1 amide bonds. The molecule has 122 valence electrons. The summed E-state index contributed by atoms with van der Waals surface area (Å²) in [4.78, 5) is 12.5. The Labute approximate surface area is 140 Å². The van der Waals surface area contributed by atoms with Crippen LogP contribution in [0.4, 0.5) is 5.69 Å². The number of hydrogen-bond acceptors (Lipinski definition) is 4. The van der Waals surface area contributed by atoms with Crippen LogP contribution in [0, 0.1) is 0 Å². The number of amides is 1. The summed E-state index contributed by atoms with van der Waals surface area (Å²) in [6.07, 6.45) is 0.975. The summed E-state index contributed by atoms with van der Waals surface area (Å²) in [6, 6.07) is 15.2. The van der Waals surface area contributed by atoms with Gasteiger partial charge in [-0.2, -0.15) is 0 Å². The van der Waals surface area contributed by atoms with E-state index in [4.69, 9.17) is 0 Å². The molecule has 0 aliphatic heterocycles. The first kappa shape index (κ1) is 15.9. The van der Waals surface area contributed by atoms with Crippen molar-refractivity contribution in [2.75, 3.05) is 5.32 Å². The number of anilines is 1. The smallest absolute Gasteiger partial charge is 0.255 e. The van der Waals surface area contributed by atoms with Gasteiger partial charge in [-0.1, -0.05) is 31.2 Å². The van der Waals surface area contributed by atoms with E-state index in [9.17, 15) is 4.79 Å². The van der Waals surface area contributed by atoms with Crippen molar-refractivity contribution in [2.24, 2.45) is 0 Å². The van der Waals surface area contributed by atoms with Gasteiger partial charge in [0.1, 0.15) is 0 Å². The largest absolute Gasteiger partial charge is 0.322 e. The summed E-state index contributed by atoms with van der Waals surface area (Å²) < 4.78 is 1.69. The molecule has 3 aromatic rings. The van der Waals surface area contributed by atoms with Gasteiger partial charge in [0.15, 0.2) is 5.82 Å². The Morgan fingerprint density at radius 2 is 1.92 bits per heavy atom. The van der Waals surface area contributed by atoms with Crippen molar-refractivity contribution in [3.8, 4) is 11.4 Å². The number of aromatic nitrogens is 4. The zero-order chi connectivity index (χ0) is 16.9. The average Bonchev–Trinajstić information content (AvgIpc) is 3.11. The maximum absolute atomic E-state index is 12.5. The molecule has 0 unspecified atom stereocenters. The summed E-state index contributed by atoms with van der Waals surface area (Å²) in [5.74, 6) is 0.496. The number of tetrazole rings is 1. The second-order valence-electron chi connectivity index (χ2n) is 5.40. The number of benzene rings is 2. The van der Waals surface area contributed by atoms with Gasteiger partial charge in [-0.25, -0.2) is 4.68 Å². The maximum Gasteiger partial charge on any atom is 0.255 e. The minimum absolute atomic E-state index is 0.156. The van der Waals surface area contributed by atoms with Gasteiger partial charge in [-0.05, 0) is 53.6 Å². The molecule has 0 aliphatic rings. The van der Waals surface area contributed by atoms with Crippen LogP contribution in [0.3, 0.4) is 0 Å². The Hall–Kier alpha value is -3.02. The number of carbonyl (C=O) groups is 1. The van der Waals surface area contributed by atoms with Crippen molar-refractivity contribution in [2.45, 2.75) is 26.8 Å². The lowest BCUT2D eigenvalue weighted by Gasteiger charge is -2.08.